The van der Waals surface area contributed by atoms with Crippen LogP contribution in [0.2, 0.25) is 0 Å². The van der Waals surface area contributed by atoms with Crippen molar-refractivity contribution in [3.05, 3.63) is 33.4 Å². The first-order chi connectivity index (χ1) is 7.91. The van der Waals surface area contributed by atoms with Crippen LogP contribution >= 0.6 is 0 Å². The third-order valence-electron chi connectivity index (χ3n) is 3.58. The van der Waals surface area contributed by atoms with Gasteiger partial charge in [-0.2, -0.15) is 0 Å². The van der Waals surface area contributed by atoms with E-state index in [1.165, 1.54) is 7.05 Å². The van der Waals surface area contributed by atoms with E-state index in [2.05, 4.69) is 0 Å². The minimum Gasteiger partial charge on any atom is -0.298 e. The summed E-state index contributed by atoms with van der Waals surface area (Å²) in [5.74, 6) is -0.716. The number of hydrogen-bond acceptors (Lipinski definition) is 3. The van der Waals surface area contributed by atoms with Gasteiger partial charge in [0.05, 0.1) is 11.1 Å². The molecule has 0 spiro atoms. The van der Waals surface area contributed by atoms with Crippen LogP contribution in [0.1, 0.15) is 47.8 Å². The fourth-order valence-corrected chi connectivity index (χ4v) is 2.24. The third kappa shape index (κ3) is 1.27. The maximum atomic E-state index is 11.9. The van der Waals surface area contributed by atoms with Crippen molar-refractivity contribution in [2.24, 2.45) is 0 Å². The lowest BCUT2D eigenvalue weighted by Gasteiger charge is -2.11. The van der Waals surface area contributed by atoms with Crippen LogP contribution < -0.4 is 0 Å². The lowest BCUT2D eigenvalue weighted by molar-refractivity contribution is 0.0691. The van der Waals surface area contributed by atoms with Gasteiger partial charge in [-0.3, -0.25) is 19.3 Å². The maximum absolute atomic E-state index is 11.9. The van der Waals surface area contributed by atoms with Crippen LogP contribution in [0.4, 0.5) is 0 Å². The van der Waals surface area contributed by atoms with Crippen molar-refractivity contribution < 1.29 is 14.4 Å². The van der Waals surface area contributed by atoms with Gasteiger partial charge in [-0.05, 0) is 37.5 Å². The maximum Gasteiger partial charge on any atom is 0.262 e. The molecular weight excluding hydrogens is 218 g/mol. The smallest absolute Gasteiger partial charge is 0.262 e. The Hall–Kier alpha value is -1.97. The summed E-state index contributed by atoms with van der Waals surface area (Å²) in [5.41, 5.74) is 3.42. The normalized spacial score (nSPS) is 14.2. The first-order valence-electron chi connectivity index (χ1n) is 5.33. The van der Waals surface area contributed by atoms with Crippen LogP contribution in [-0.2, 0) is 0 Å². The zero-order valence-electron chi connectivity index (χ0n) is 10.2. The van der Waals surface area contributed by atoms with E-state index in [1.54, 1.807) is 13.8 Å². The van der Waals surface area contributed by atoms with Crippen LogP contribution in [0.5, 0.6) is 0 Å². The summed E-state index contributed by atoms with van der Waals surface area (Å²) in [6.07, 6.45) is 0.658. The molecule has 1 aliphatic rings. The molecule has 0 bridgehead atoms. The second-order valence-electron chi connectivity index (χ2n) is 4.33. The van der Waals surface area contributed by atoms with Crippen molar-refractivity contribution in [3.63, 3.8) is 0 Å². The number of carbonyl (C=O) groups excluding carboxylic acids is 3. The first kappa shape index (κ1) is 11.5. The van der Waals surface area contributed by atoms with Gasteiger partial charge in [0.15, 0.2) is 6.29 Å². The SMILES string of the molecule is Cc1c(C)c(C=O)c2c(c1C)C(=O)N(C)C2=O. The summed E-state index contributed by atoms with van der Waals surface area (Å²) < 4.78 is 0. The largest absolute Gasteiger partial charge is 0.298 e. The highest BCUT2D eigenvalue weighted by Gasteiger charge is 2.37. The van der Waals surface area contributed by atoms with Gasteiger partial charge in [-0.1, -0.05) is 0 Å². The topological polar surface area (TPSA) is 54.5 Å². The molecule has 0 fully saturated rings. The quantitative estimate of drug-likeness (QED) is 0.545. The molecule has 2 rings (SSSR count). The molecule has 0 aromatic heterocycles. The molecule has 0 saturated heterocycles. The Morgan fingerprint density at radius 2 is 1.41 bits per heavy atom. The van der Waals surface area contributed by atoms with Gasteiger partial charge in [0.25, 0.3) is 11.8 Å². The molecule has 4 nitrogen and oxygen atoms in total. The fourth-order valence-electron chi connectivity index (χ4n) is 2.24. The Labute approximate surface area is 99.2 Å². The molecule has 4 heteroatoms. The van der Waals surface area contributed by atoms with Crippen molar-refractivity contribution in [2.75, 3.05) is 7.05 Å². The number of rotatable bonds is 1. The number of aldehydes is 1. The van der Waals surface area contributed by atoms with Crippen LogP contribution in [-0.4, -0.2) is 30.0 Å². The Balaban J connectivity index is 2.96. The zero-order valence-corrected chi connectivity index (χ0v) is 10.2. The monoisotopic (exact) mass is 231 g/mol. The van der Waals surface area contributed by atoms with Gasteiger partial charge in [-0.25, -0.2) is 0 Å². The Bertz CT molecular complexity index is 573. The highest BCUT2D eigenvalue weighted by molar-refractivity contribution is 6.24. The number of carbonyl (C=O) groups is 3. The van der Waals surface area contributed by atoms with Crippen LogP contribution in [0.3, 0.4) is 0 Å². The van der Waals surface area contributed by atoms with Gasteiger partial charge in [-0.15, -0.1) is 0 Å². The molecule has 1 aromatic rings. The summed E-state index contributed by atoms with van der Waals surface area (Å²) in [5, 5.41) is 0. The van der Waals surface area contributed by atoms with E-state index < -0.39 is 5.91 Å². The van der Waals surface area contributed by atoms with E-state index in [-0.39, 0.29) is 11.5 Å². The number of fused-ring (bicyclic) bond motifs is 1. The van der Waals surface area contributed by atoms with Gasteiger partial charge >= 0.3 is 0 Å². The summed E-state index contributed by atoms with van der Waals surface area (Å²) >= 11 is 0. The number of hydrogen-bond donors (Lipinski definition) is 0. The number of imide groups is 1. The molecule has 88 valence electrons. The van der Waals surface area contributed by atoms with Crippen molar-refractivity contribution in [1.29, 1.82) is 0 Å². The number of amides is 2. The standard InChI is InChI=1S/C13H13NO3/c1-6-7(2)9(5-15)11-10(8(6)3)12(16)14(4)13(11)17/h5H,1-4H3. The second-order valence-corrected chi connectivity index (χ2v) is 4.33. The van der Waals surface area contributed by atoms with Crippen molar-refractivity contribution >= 4 is 18.1 Å². The fraction of sp³-hybridized carbons (Fsp3) is 0.308. The predicted octanol–water partition coefficient (Wildman–Crippen LogP) is 1.65. The lowest BCUT2D eigenvalue weighted by atomic mass is 9.90. The average molecular weight is 231 g/mol. The van der Waals surface area contributed by atoms with E-state index in [1.807, 2.05) is 6.92 Å². The second kappa shape index (κ2) is 3.52. The first-order valence-corrected chi connectivity index (χ1v) is 5.33. The molecule has 2 amide bonds. The van der Waals surface area contributed by atoms with Crippen LogP contribution in [0, 0.1) is 20.8 Å². The van der Waals surface area contributed by atoms with Gasteiger partial charge < -0.3 is 0 Å². The highest BCUT2D eigenvalue weighted by Crippen LogP contribution is 2.32. The van der Waals surface area contributed by atoms with Gasteiger partial charge in [0.1, 0.15) is 0 Å². The van der Waals surface area contributed by atoms with Crippen molar-refractivity contribution in [1.82, 2.24) is 4.90 Å². The molecular formula is C13H13NO3. The Kier molecular flexibility index (Phi) is 2.38. The zero-order chi connectivity index (χ0) is 12.9. The third-order valence-corrected chi connectivity index (χ3v) is 3.58. The summed E-state index contributed by atoms with van der Waals surface area (Å²) in [7, 11) is 1.43. The molecule has 0 unspecified atom stereocenters. The summed E-state index contributed by atoms with van der Waals surface area (Å²) in [6, 6.07) is 0. The van der Waals surface area contributed by atoms with Crippen molar-refractivity contribution in [3.8, 4) is 0 Å². The van der Waals surface area contributed by atoms with E-state index in [0.717, 1.165) is 21.6 Å². The number of benzene rings is 1. The molecule has 1 aromatic carbocycles. The predicted molar refractivity (Wildman–Crippen MR) is 62.5 cm³/mol. The van der Waals surface area contributed by atoms with Gasteiger partial charge in [0, 0.05) is 12.6 Å². The van der Waals surface area contributed by atoms with E-state index in [9.17, 15) is 14.4 Å². The minimum atomic E-state index is -0.390. The Morgan fingerprint density at radius 1 is 0.882 bits per heavy atom. The highest BCUT2D eigenvalue weighted by atomic mass is 16.2. The lowest BCUT2D eigenvalue weighted by Crippen LogP contribution is -2.24. The Morgan fingerprint density at radius 3 is 1.94 bits per heavy atom. The summed E-state index contributed by atoms with van der Waals surface area (Å²) in [4.78, 5) is 36.1. The van der Waals surface area contributed by atoms with E-state index in [4.69, 9.17) is 0 Å². The summed E-state index contributed by atoms with van der Waals surface area (Å²) in [6.45, 7) is 5.45. The molecule has 0 aliphatic carbocycles. The van der Waals surface area contributed by atoms with E-state index >= 15 is 0 Å². The molecule has 1 aliphatic heterocycles. The van der Waals surface area contributed by atoms with Crippen LogP contribution in [0.25, 0.3) is 0 Å². The number of nitrogens with zero attached hydrogens (tertiary/aromatic N) is 1. The molecule has 0 N–H and O–H groups in total. The van der Waals surface area contributed by atoms with Gasteiger partial charge in [0.2, 0.25) is 0 Å². The molecule has 1 heterocycles. The molecule has 0 radical (unpaired) electrons. The van der Waals surface area contributed by atoms with Crippen molar-refractivity contribution in [2.45, 2.75) is 20.8 Å². The average Bonchev–Trinajstić information content (AvgIpc) is 2.53. The molecule has 0 atom stereocenters. The molecule has 0 saturated carbocycles. The molecule has 17 heavy (non-hydrogen) atoms. The van der Waals surface area contributed by atoms with Crippen LogP contribution in [0.15, 0.2) is 0 Å². The minimum absolute atomic E-state index is 0.258. The van der Waals surface area contributed by atoms with E-state index in [0.29, 0.717) is 17.4 Å².